The summed E-state index contributed by atoms with van der Waals surface area (Å²) in [6.45, 7) is 1.30. The molecule has 0 spiro atoms. The first-order valence-corrected chi connectivity index (χ1v) is 7.15. The standard InChI is InChI=1S/C15H21N3O.HI/c1-2-4-14(5-3-1)19-11-10-16-15(17-12-6-7-12)18-13-8-9-13;/h1-5,12-13H,6-11H2,(H2,16,17,18);1H. The van der Waals surface area contributed by atoms with Crippen LogP contribution in [-0.2, 0) is 0 Å². The predicted octanol–water partition coefficient (Wildman–Crippen LogP) is 2.54. The highest BCUT2D eigenvalue weighted by Gasteiger charge is 2.26. The van der Waals surface area contributed by atoms with E-state index < -0.39 is 0 Å². The quantitative estimate of drug-likeness (QED) is 0.341. The van der Waals surface area contributed by atoms with Crippen LogP contribution in [0.1, 0.15) is 25.7 Å². The Bertz CT molecular complexity index is 414. The molecule has 0 amide bonds. The highest BCUT2D eigenvalue weighted by Crippen LogP contribution is 2.21. The minimum absolute atomic E-state index is 0. The third-order valence-electron chi connectivity index (χ3n) is 3.21. The Morgan fingerprint density at radius 2 is 1.65 bits per heavy atom. The number of para-hydroxylation sites is 1. The maximum Gasteiger partial charge on any atom is 0.191 e. The first kappa shape index (κ1) is 15.4. The summed E-state index contributed by atoms with van der Waals surface area (Å²) in [7, 11) is 0. The van der Waals surface area contributed by atoms with Gasteiger partial charge in [0.15, 0.2) is 5.96 Å². The van der Waals surface area contributed by atoms with Crippen LogP contribution >= 0.6 is 24.0 Å². The van der Waals surface area contributed by atoms with Gasteiger partial charge in [-0.2, -0.15) is 0 Å². The number of benzene rings is 1. The average molecular weight is 387 g/mol. The summed E-state index contributed by atoms with van der Waals surface area (Å²) in [4.78, 5) is 4.57. The first-order chi connectivity index (χ1) is 9.40. The molecular formula is C15H22IN3O. The molecule has 5 heteroatoms. The van der Waals surface area contributed by atoms with Crippen LogP contribution in [-0.4, -0.2) is 31.2 Å². The lowest BCUT2D eigenvalue weighted by molar-refractivity contribution is 0.328. The Morgan fingerprint density at radius 1 is 1.05 bits per heavy atom. The van der Waals surface area contributed by atoms with Crippen molar-refractivity contribution in [2.75, 3.05) is 13.2 Å². The number of guanidine groups is 1. The summed E-state index contributed by atoms with van der Waals surface area (Å²) in [5, 5.41) is 6.89. The van der Waals surface area contributed by atoms with Crippen molar-refractivity contribution in [2.24, 2.45) is 4.99 Å². The van der Waals surface area contributed by atoms with Gasteiger partial charge < -0.3 is 15.4 Å². The fourth-order valence-electron chi connectivity index (χ4n) is 1.81. The number of aliphatic imine (C=N–C) groups is 1. The highest BCUT2D eigenvalue weighted by molar-refractivity contribution is 14.0. The molecule has 0 aliphatic heterocycles. The van der Waals surface area contributed by atoms with Crippen LogP contribution in [0.25, 0.3) is 0 Å². The molecule has 20 heavy (non-hydrogen) atoms. The zero-order valence-corrected chi connectivity index (χ0v) is 13.9. The van der Waals surface area contributed by atoms with Crippen LogP contribution in [0.5, 0.6) is 5.75 Å². The lowest BCUT2D eigenvalue weighted by Crippen LogP contribution is -2.40. The summed E-state index contributed by atoms with van der Waals surface area (Å²) in [5.41, 5.74) is 0. The summed E-state index contributed by atoms with van der Waals surface area (Å²) in [6, 6.07) is 11.2. The lowest BCUT2D eigenvalue weighted by atomic mass is 10.3. The van der Waals surface area contributed by atoms with E-state index in [1.54, 1.807) is 0 Å². The summed E-state index contributed by atoms with van der Waals surface area (Å²) in [5.74, 6) is 1.87. The molecule has 2 fully saturated rings. The van der Waals surface area contributed by atoms with E-state index in [-0.39, 0.29) is 24.0 Å². The molecular weight excluding hydrogens is 365 g/mol. The molecule has 1 aromatic carbocycles. The lowest BCUT2D eigenvalue weighted by Gasteiger charge is -2.11. The Morgan fingerprint density at radius 3 is 2.20 bits per heavy atom. The van der Waals surface area contributed by atoms with Crippen molar-refractivity contribution in [2.45, 2.75) is 37.8 Å². The Hall–Kier alpha value is -0.980. The summed E-state index contributed by atoms with van der Waals surface area (Å²) in [6.07, 6.45) is 5.08. The van der Waals surface area contributed by atoms with E-state index in [4.69, 9.17) is 4.74 Å². The van der Waals surface area contributed by atoms with Crippen molar-refractivity contribution in [3.8, 4) is 5.75 Å². The van der Waals surface area contributed by atoms with Gasteiger partial charge in [-0.1, -0.05) is 18.2 Å². The third kappa shape index (κ3) is 5.56. The number of halogens is 1. The van der Waals surface area contributed by atoms with Gasteiger partial charge in [-0.15, -0.1) is 24.0 Å². The number of nitrogens with one attached hydrogen (secondary N) is 2. The number of nitrogens with zero attached hydrogens (tertiary/aromatic N) is 1. The van der Waals surface area contributed by atoms with Crippen LogP contribution in [0, 0.1) is 0 Å². The van der Waals surface area contributed by atoms with E-state index >= 15 is 0 Å². The molecule has 4 nitrogen and oxygen atoms in total. The van der Waals surface area contributed by atoms with Crippen molar-refractivity contribution in [1.29, 1.82) is 0 Å². The van der Waals surface area contributed by atoms with Crippen LogP contribution in [0.2, 0.25) is 0 Å². The Kier molecular flexibility index (Phi) is 5.94. The van der Waals surface area contributed by atoms with Crippen LogP contribution in [0.3, 0.4) is 0 Å². The second kappa shape index (κ2) is 7.71. The van der Waals surface area contributed by atoms with Crippen LogP contribution in [0.4, 0.5) is 0 Å². The zero-order valence-electron chi connectivity index (χ0n) is 11.5. The topological polar surface area (TPSA) is 45.6 Å². The number of hydrogen-bond acceptors (Lipinski definition) is 2. The molecule has 2 N–H and O–H groups in total. The van der Waals surface area contributed by atoms with E-state index in [0.717, 1.165) is 11.7 Å². The molecule has 2 saturated carbocycles. The van der Waals surface area contributed by atoms with Crippen LogP contribution in [0.15, 0.2) is 35.3 Å². The van der Waals surface area contributed by atoms with Crippen molar-refractivity contribution >= 4 is 29.9 Å². The SMILES string of the molecule is I.c1ccc(OCCN=C(NC2CC2)NC2CC2)cc1. The van der Waals surface area contributed by atoms with Gasteiger partial charge in [0.2, 0.25) is 0 Å². The molecule has 2 aliphatic carbocycles. The summed E-state index contributed by atoms with van der Waals surface area (Å²) < 4.78 is 5.63. The Labute approximate surface area is 137 Å². The second-order valence-electron chi connectivity index (χ2n) is 5.23. The second-order valence-corrected chi connectivity index (χ2v) is 5.23. The molecule has 2 aliphatic rings. The molecule has 110 valence electrons. The highest BCUT2D eigenvalue weighted by atomic mass is 127. The molecule has 0 atom stereocenters. The first-order valence-electron chi connectivity index (χ1n) is 7.15. The minimum atomic E-state index is 0. The minimum Gasteiger partial charge on any atom is -0.492 e. The Balaban J connectivity index is 0.00000147. The van der Waals surface area contributed by atoms with Crippen molar-refractivity contribution in [3.05, 3.63) is 30.3 Å². The fraction of sp³-hybridized carbons (Fsp3) is 0.533. The van der Waals surface area contributed by atoms with Gasteiger partial charge in [-0.3, -0.25) is 0 Å². The van der Waals surface area contributed by atoms with Gasteiger partial charge in [0, 0.05) is 12.1 Å². The summed E-state index contributed by atoms with van der Waals surface area (Å²) >= 11 is 0. The monoisotopic (exact) mass is 387 g/mol. The molecule has 0 saturated heterocycles. The largest absolute Gasteiger partial charge is 0.492 e. The molecule has 0 heterocycles. The van der Waals surface area contributed by atoms with Gasteiger partial charge in [-0.25, -0.2) is 4.99 Å². The predicted molar refractivity (Wildman–Crippen MR) is 92.0 cm³/mol. The molecule has 1 aromatic rings. The third-order valence-corrected chi connectivity index (χ3v) is 3.21. The smallest absolute Gasteiger partial charge is 0.191 e. The maximum atomic E-state index is 5.63. The van der Waals surface area contributed by atoms with Gasteiger partial charge in [0.1, 0.15) is 12.4 Å². The van der Waals surface area contributed by atoms with E-state index in [9.17, 15) is 0 Å². The molecule has 0 unspecified atom stereocenters. The van der Waals surface area contributed by atoms with Gasteiger partial charge in [0.05, 0.1) is 6.54 Å². The van der Waals surface area contributed by atoms with Gasteiger partial charge in [-0.05, 0) is 37.8 Å². The van der Waals surface area contributed by atoms with Crippen LogP contribution < -0.4 is 15.4 Å². The molecule has 3 rings (SSSR count). The van der Waals surface area contributed by atoms with E-state index in [1.807, 2.05) is 30.3 Å². The molecule has 0 bridgehead atoms. The number of ether oxygens (including phenoxy) is 1. The average Bonchev–Trinajstić information content (AvgIpc) is 3.32. The van der Waals surface area contributed by atoms with Gasteiger partial charge in [0.25, 0.3) is 0 Å². The maximum absolute atomic E-state index is 5.63. The zero-order chi connectivity index (χ0) is 12.9. The van der Waals surface area contributed by atoms with E-state index in [0.29, 0.717) is 25.2 Å². The van der Waals surface area contributed by atoms with Gasteiger partial charge >= 0.3 is 0 Å². The number of hydrogen-bond donors (Lipinski definition) is 2. The van der Waals surface area contributed by atoms with Crippen molar-refractivity contribution < 1.29 is 4.74 Å². The normalized spacial score (nSPS) is 16.8. The van der Waals surface area contributed by atoms with E-state index in [1.165, 1.54) is 25.7 Å². The fourth-order valence-corrected chi connectivity index (χ4v) is 1.81. The molecule has 0 aromatic heterocycles. The van der Waals surface area contributed by atoms with Crippen molar-refractivity contribution in [3.63, 3.8) is 0 Å². The van der Waals surface area contributed by atoms with E-state index in [2.05, 4.69) is 15.6 Å². The van der Waals surface area contributed by atoms with Crippen molar-refractivity contribution in [1.82, 2.24) is 10.6 Å². The molecule has 0 radical (unpaired) electrons. The number of rotatable bonds is 6.